The molecule has 3 aliphatic rings. The first-order valence-electron chi connectivity index (χ1n) is 24.5. The molecule has 66 heavy (non-hydrogen) atoms. The summed E-state index contributed by atoms with van der Waals surface area (Å²) >= 11 is 0. The zero-order valence-corrected chi connectivity index (χ0v) is 42.2. The molecule has 3 heteroatoms. The number of anilines is 6. The molecule has 10 rings (SSSR count). The highest BCUT2D eigenvalue weighted by atomic mass is 15.2. The molecule has 0 aromatic heterocycles. The molecule has 7 aromatic rings. The van der Waals surface area contributed by atoms with Crippen molar-refractivity contribution in [2.75, 3.05) is 9.80 Å². The molecule has 334 valence electrons. The van der Waals surface area contributed by atoms with E-state index in [9.17, 15) is 0 Å². The highest BCUT2D eigenvalue weighted by Crippen LogP contribution is 2.53. The van der Waals surface area contributed by atoms with Crippen LogP contribution < -0.4 is 26.2 Å². The van der Waals surface area contributed by atoms with Crippen molar-refractivity contribution in [3.63, 3.8) is 0 Å². The molecular formula is C63H69BN2. The summed E-state index contributed by atoms with van der Waals surface area (Å²) in [5.74, 6) is 0. The van der Waals surface area contributed by atoms with Gasteiger partial charge >= 0.3 is 0 Å². The van der Waals surface area contributed by atoms with Gasteiger partial charge in [-0.2, -0.15) is 0 Å². The number of nitrogens with zero attached hydrogens (tertiary/aromatic N) is 2. The summed E-state index contributed by atoms with van der Waals surface area (Å²) in [4.78, 5) is 5.35. The highest BCUT2D eigenvalue weighted by molar-refractivity contribution is 7.00. The Morgan fingerprint density at radius 2 is 0.894 bits per heavy atom. The minimum Gasteiger partial charge on any atom is -0.311 e. The number of fused-ring (bicyclic) bond motifs is 5. The van der Waals surface area contributed by atoms with Crippen LogP contribution in [0.15, 0.2) is 140 Å². The Labute approximate surface area is 397 Å². The molecule has 0 spiro atoms. The van der Waals surface area contributed by atoms with Crippen molar-refractivity contribution in [3.05, 3.63) is 173 Å². The van der Waals surface area contributed by atoms with Crippen LogP contribution in [0.2, 0.25) is 0 Å². The van der Waals surface area contributed by atoms with E-state index >= 15 is 0 Å². The van der Waals surface area contributed by atoms with Crippen molar-refractivity contribution in [3.8, 4) is 22.3 Å². The van der Waals surface area contributed by atoms with Gasteiger partial charge in [0.1, 0.15) is 0 Å². The van der Waals surface area contributed by atoms with E-state index in [0.29, 0.717) is 0 Å². The number of aryl methyl sites for hydroxylation is 1. The SMILES string of the molecule is Cc1cc(-c2ccccc2)ccc1N1c2cc3c(cc2B2c4ccc(C(C)(C)C)cc4N(c4ccc(C(C)(C)C)cc4-c4ccccc4)c4cc(C(C)(C)C)cc1c42)C(C)(C)CCC3(C)C. The van der Waals surface area contributed by atoms with Crippen LogP contribution in [0.1, 0.15) is 136 Å². The second-order valence-corrected chi connectivity index (χ2v) is 24.2. The monoisotopic (exact) mass is 865 g/mol. The van der Waals surface area contributed by atoms with Crippen molar-refractivity contribution in [2.45, 2.75) is 137 Å². The molecule has 0 amide bonds. The van der Waals surface area contributed by atoms with Crippen LogP contribution in [0.5, 0.6) is 0 Å². The third kappa shape index (κ3) is 7.24. The minimum absolute atomic E-state index is 0.0166. The fourth-order valence-electron chi connectivity index (χ4n) is 11.2. The zero-order valence-electron chi connectivity index (χ0n) is 42.2. The number of benzene rings is 7. The number of hydrogen-bond acceptors (Lipinski definition) is 2. The molecule has 2 aliphatic heterocycles. The molecule has 2 nitrogen and oxygen atoms in total. The van der Waals surface area contributed by atoms with Crippen LogP contribution in [0.25, 0.3) is 22.3 Å². The molecule has 1 aliphatic carbocycles. The maximum Gasteiger partial charge on any atom is 0.252 e. The summed E-state index contributed by atoms with van der Waals surface area (Å²) in [5.41, 5.74) is 24.9. The predicted molar refractivity (Wildman–Crippen MR) is 287 cm³/mol. The van der Waals surface area contributed by atoms with Gasteiger partial charge in [-0.15, -0.1) is 0 Å². The number of hydrogen-bond donors (Lipinski definition) is 0. The standard InChI is InChI=1S/C63H69BN2/c1-40-33-43(41-21-17-15-18-22-41)25-29-52(40)65-55-39-49-48(62(11,12)31-32-63(49,13)14)38-51(55)64-50-28-26-45(60(5,6)7)35-54(50)66(57-37-46(61(8,9)10)36-56(65)58(57)64)53-30-27-44(59(2,3)4)34-47(53)42-23-19-16-20-24-42/h15-30,33-39H,31-32H2,1-14H3. The summed E-state index contributed by atoms with van der Waals surface area (Å²) in [6.45, 7) is 33.5. The quantitative estimate of drug-likeness (QED) is 0.163. The van der Waals surface area contributed by atoms with Gasteiger partial charge in [-0.25, -0.2) is 0 Å². The Kier molecular flexibility index (Phi) is 10.1. The molecule has 0 atom stereocenters. The highest BCUT2D eigenvalue weighted by Gasteiger charge is 2.47. The lowest BCUT2D eigenvalue weighted by atomic mass is 9.33. The van der Waals surface area contributed by atoms with E-state index in [0.717, 1.165) is 0 Å². The third-order valence-electron chi connectivity index (χ3n) is 15.5. The van der Waals surface area contributed by atoms with Crippen molar-refractivity contribution < 1.29 is 0 Å². The maximum absolute atomic E-state index is 2.68. The fraction of sp³-hybridized carbons (Fsp3) is 0.333. The van der Waals surface area contributed by atoms with Gasteiger partial charge in [-0.1, -0.05) is 181 Å². The average molecular weight is 865 g/mol. The molecule has 0 saturated carbocycles. The Hall–Kier alpha value is -5.80. The van der Waals surface area contributed by atoms with E-state index < -0.39 is 0 Å². The molecule has 0 saturated heterocycles. The van der Waals surface area contributed by atoms with Crippen molar-refractivity contribution in [2.24, 2.45) is 0 Å². The normalized spacial score (nSPS) is 16.1. The molecule has 0 bridgehead atoms. The number of rotatable bonds is 4. The van der Waals surface area contributed by atoms with Gasteiger partial charge in [0.15, 0.2) is 0 Å². The van der Waals surface area contributed by atoms with E-state index in [1.54, 1.807) is 0 Å². The second-order valence-electron chi connectivity index (χ2n) is 24.2. The molecular weight excluding hydrogens is 796 g/mol. The molecule has 0 unspecified atom stereocenters. The van der Waals surface area contributed by atoms with E-state index in [-0.39, 0.29) is 33.8 Å². The molecule has 0 radical (unpaired) electrons. The van der Waals surface area contributed by atoms with Gasteiger partial charge in [0.05, 0.1) is 5.69 Å². The second kappa shape index (κ2) is 15.1. The average Bonchev–Trinajstić information content (AvgIpc) is 3.27. The van der Waals surface area contributed by atoms with Crippen LogP contribution in [0.4, 0.5) is 34.1 Å². The van der Waals surface area contributed by atoms with Crippen LogP contribution in [-0.4, -0.2) is 6.71 Å². The summed E-state index contributed by atoms with van der Waals surface area (Å²) < 4.78 is 0. The van der Waals surface area contributed by atoms with Crippen LogP contribution in [0, 0.1) is 6.92 Å². The van der Waals surface area contributed by atoms with Gasteiger partial charge in [-0.3, -0.25) is 0 Å². The van der Waals surface area contributed by atoms with E-state index in [4.69, 9.17) is 0 Å². The lowest BCUT2D eigenvalue weighted by Gasteiger charge is -2.48. The Balaban J connectivity index is 1.36. The van der Waals surface area contributed by atoms with Crippen molar-refractivity contribution in [1.82, 2.24) is 0 Å². The fourth-order valence-corrected chi connectivity index (χ4v) is 11.2. The van der Waals surface area contributed by atoms with Gasteiger partial charge in [-0.05, 0) is 162 Å². The third-order valence-corrected chi connectivity index (χ3v) is 15.5. The van der Waals surface area contributed by atoms with Gasteiger partial charge in [0, 0.05) is 34.0 Å². The Morgan fingerprint density at radius 3 is 1.47 bits per heavy atom. The molecule has 2 heterocycles. The van der Waals surface area contributed by atoms with E-state index in [1.165, 1.54) is 119 Å². The van der Waals surface area contributed by atoms with E-state index in [1.807, 2.05) is 0 Å². The maximum atomic E-state index is 2.68. The minimum atomic E-state index is -0.126. The molecule has 0 N–H and O–H groups in total. The largest absolute Gasteiger partial charge is 0.311 e. The first-order valence-corrected chi connectivity index (χ1v) is 24.5. The molecule has 0 fully saturated rings. The van der Waals surface area contributed by atoms with Crippen LogP contribution in [-0.2, 0) is 27.1 Å². The summed E-state index contributed by atoms with van der Waals surface area (Å²) in [6.07, 6.45) is 2.34. The van der Waals surface area contributed by atoms with Gasteiger partial charge < -0.3 is 9.80 Å². The first kappa shape index (κ1) is 44.1. The first-order chi connectivity index (χ1) is 31.0. The van der Waals surface area contributed by atoms with Crippen LogP contribution in [0.3, 0.4) is 0 Å². The topological polar surface area (TPSA) is 6.48 Å². The smallest absolute Gasteiger partial charge is 0.252 e. The Bertz CT molecular complexity index is 3040. The lowest BCUT2D eigenvalue weighted by Crippen LogP contribution is -2.62. The van der Waals surface area contributed by atoms with Gasteiger partial charge in [0.25, 0.3) is 6.71 Å². The lowest BCUT2D eigenvalue weighted by molar-refractivity contribution is 0.332. The summed E-state index contributed by atoms with van der Waals surface area (Å²) in [5, 5.41) is 0. The Morgan fingerprint density at radius 1 is 0.409 bits per heavy atom. The van der Waals surface area contributed by atoms with Crippen molar-refractivity contribution >= 4 is 57.2 Å². The van der Waals surface area contributed by atoms with Crippen LogP contribution >= 0.6 is 0 Å². The summed E-state index contributed by atoms with van der Waals surface area (Å²) in [6, 6.07) is 54.2. The summed E-state index contributed by atoms with van der Waals surface area (Å²) in [7, 11) is 0. The predicted octanol–water partition coefficient (Wildman–Crippen LogP) is 15.7. The van der Waals surface area contributed by atoms with Crippen molar-refractivity contribution in [1.29, 1.82) is 0 Å². The van der Waals surface area contributed by atoms with Gasteiger partial charge in [0.2, 0.25) is 0 Å². The molecule has 7 aromatic carbocycles. The zero-order chi connectivity index (χ0) is 46.9. The van der Waals surface area contributed by atoms with E-state index in [2.05, 4.69) is 246 Å².